The first kappa shape index (κ1) is 13.1. The molecule has 0 spiro atoms. The van der Waals surface area contributed by atoms with Crippen LogP contribution in [0.2, 0.25) is 0 Å². The van der Waals surface area contributed by atoms with E-state index >= 15 is 0 Å². The van der Waals surface area contributed by atoms with Crippen molar-refractivity contribution in [3.05, 3.63) is 0 Å². The van der Waals surface area contributed by atoms with Gasteiger partial charge in [0.2, 0.25) is 0 Å². The van der Waals surface area contributed by atoms with Gasteiger partial charge in [0.1, 0.15) is 13.2 Å². The van der Waals surface area contributed by atoms with Crippen molar-refractivity contribution >= 4 is 11.8 Å². The lowest BCUT2D eigenvalue weighted by Crippen LogP contribution is -2.52. The van der Waals surface area contributed by atoms with Crippen molar-refractivity contribution < 1.29 is 24.2 Å². The number of carbonyl (C=O) groups is 2. The Hall–Kier alpha value is -0.980. The molecule has 0 aromatic carbocycles. The molecule has 1 fully saturated rings. The van der Waals surface area contributed by atoms with Crippen LogP contribution in [-0.4, -0.2) is 60.9 Å². The molecule has 6 heteroatoms. The van der Waals surface area contributed by atoms with Crippen LogP contribution in [0.15, 0.2) is 0 Å². The predicted molar refractivity (Wildman–Crippen MR) is 54.7 cm³/mol. The van der Waals surface area contributed by atoms with E-state index < -0.39 is 17.4 Å². The molecule has 1 heterocycles. The van der Waals surface area contributed by atoms with E-state index in [0.29, 0.717) is 13.0 Å². The summed E-state index contributed by atoms with van der Waals surface area (Å²) in [5.74, 6) is -0.817. The number of nitrogens with zero attached hydrogens (tertiary/aromatic N) is 1. The molecule has 0 aromatic heterocycles. The minimum Gasteiger partial charge on any atom is -0.388 e. The Morgan fingerprint density at radius 3 is 2.50 bits per heavy atom. The van der Waals surface area contributed by atoms with E-state index in [0.717, 1.165) is 4.90 Å². The first-order valence-electron chi connectivity index (χ1n) is 5.08. The van der Waals surface area contributed by atoms with Gasteiger partial charge in [-0.3, -0.25) is 14.5 Å². The summed E-state index contributed by atoms with van der Waals surface area (Å²) >= 11 is 0. The molecule has 1 aliphatic rings. The lowest BCUT2D eigenvalue weighted by Gasteiger charge is -2.32. The number of methoxy groups -OCH3 is 1. The summed E-state index contributed by atoms with van der Waals surface area (Å²) in [5.41, 5.74) is -1.13. The largest absolute Gasteiger partial charge is 0.388 e. The Kier molecular flexibility index (Phi) is 4.40. The third-order valence-electron chi connectivity index (χ3n) is 2.40. The van der Waals surface area contributed by atoms with Crippen LogP contribution in [0.25, 0.3) is 0 Å². The van der Waals surface area contributed by atoms with Crippen LogP contribution in [0.1, 0.15) is 13.3 Å². The van der Waals surface area contributed by atoms with Crippen molar-refractivity contribution in [3.8, 4) is 0 Å². The average Bonchev–Trinajstić information content (AvgIpc) is 2.21. The Balaban J connectivity index is 2.56. The van der Waals surface area contributed by atoms with E-state index in [9.17, 15) is 14.7 Å². The highest BCUT2D eigenvalue weighted by Crippen LogP contribution is 2.14. The first-order valence-corrected chi connectivity index (χ1v) is 5.08. The maximum absolute atomic E-state index is 11.4. The van der Waals surface area contributed by atoms with Gasteiger partial charge in [0.15, 0.2) is 0 Å². The number of carbonyl (C=O) groups excluding carboxylic acids is 2. The van der Waals surface area contributed by atoms with Gasteiger partial charge in [-0.15, -0.1) is 0 Å². The number of rotatable bonds is 5. The number of amides is 2. The highest BCUT2D eigenvalue weighted by Gasteiger charge is 2.33. The van der Waals surface area contributed by atoms with Gasteiger partial charge in [0.05, 0.1) is 12.1 Å². The molecule has 1 unspecified atom stereocenters. The molecule has 0 aliphatic carbocycles. The normalized spacial score (nSPS) is 21.1. The third kappa shape index (κ3) is 3.55. The molecule has 1 aliphatic heterocycles. The first-order chi connectivity index (χ1) is 7.46. The Bertz CT molecular complexity index is 260. The Labute approximate surface area is 94.1 Å². The summed E-state index contributed by atoms with van der Waals surface area (Å²) in [7, 11) is 1.53. The van der Waals surface area contributed by atoms with Crippen LogP contribution >= 0.6 is 0 Å². The molecule has 1 N–H and O–H groups in total. The molecule has 0 bridgehead atoms. The van der Waals surface area contributed by atoms with E-state index in [1.807, 2.05) is 0 Å². The fraction of sp³-hybridized carbons (Fsp3) is 0.800. The second-order valence-corrected chi connectivity index (χ2v) is 4.11. The monoisotopic (exact) mass is 231 g/mol. The van der Waals surface area contributed by atoms with Gasteiger partial charge >= 0.3 is 0 Å². The number of β-amino-alcohol motifs (C(OH)–C–C–N with tert-alkyl or cyclic N) is 1. The van der Waals surface area contributed by atoms with Crippen LogP contribution in [-0.2, 0) is 19.1 Å². The van der Waals surface area contributed by atoms with Gasteiger partial charge in [-0.05, 0) is 6.92 Å². The Morgan fingerprint density at radius 1 is 1.44 bits per heavy atom. The fourth-order valence-electron chi connectivity index (χ4n) is 1.44. The molecule has 16 heavy (non-hydrogen) atoms. The van der Waals surface area contributed by atoms with E-state index in [1.54, 1.807) is 6.92 Å². The fourth-order valence-corrected chi connectivity index (χ4v) is 1.44. The maximum atomic E-state index is 11.4. The quantitative estimate of drug-likeness (QED) is 0.624. The average molecular weight is 231 g/mol. The van der Waals surface area contributed by atoms with Crippen LogP contribution in [0.3, 0.4) is 0 Å². The number of hydrogen-bond donors (Lipinski definition) is 1. The van der Waals surface area contributed by atoms with Crippen molar-refractivity contribution in [2.45, 2.75) is 18.9 Å². The third-order valence-corrected chi connectivity index (χ3v) is 2.40. The summed E-state index contributed by atoms with van der Waals surface area (Å²) in [5, 5.41) is 9.97. The van der Waals surface area contributed by atoms with E-state index in [4.69, 9.17) is 9.47 Å². The van der Waals surface area contributed by atoms with Gasteiger partial charge in [-0.2, -0.15) is 0 Å². The molecule has 1 saturated heterocycles. The van der Waals surface area contributed by atoms with E-state index in [2.05, 4.69) is 0 Å². The van der Waals surface area contributed by atoms with Gasteiger partial charge < -0.3 is 14.6 Å². The molecular weight excluding hydrogens is 214 g/mol. The van der Waals surface area contributed by atoms with Gasteiger partial charge in [0, 0.05) is 20.1 Å². The van der Waals surface area contributed by atoms with Gasteiger partial charge in [-0.25, -0.2) is 0 Å². The second kappa shape index (κ2) is 5.38. The molecule has 0 aromatic rings. The standard InChI is InChI=1S/C10H17NO5/c1-10(14,3-4-15-2)7-11-8(12)5-16-6-9(11)13/h14H,3-7H2,1-2H3. The molecule has 2 amide bonds. The van der Waals surface area contributed by atoms with Crippen LogP contribution < -0.4 is 0 Å². The number of aliphatic hydroxyl groups is 1. The maximum Gasteiger partial charge on any atom is 0.255 e. The van der Waals surface area contributed by atoms with Crippen molar-refractivity contribution in [2.24, 2.45) is 0 Å². The molecule has 0 saturated carbocycles. The number of morpholine rings is 1. The zero-order valence-corrected chi connectivity index (χ0v) is 9.56. The van der Waals surface area contributed by atoms with Crippen LogP contribution in [0.4, 0.5) is 0 Å². The summed E-state index contributed by atoms with van der Waals surface area (Å²) in [6.45, 7) is 1.72. The smallest absolute Gasteiger partial charge is 0.255 e. The lowest BCUT2D eigenvalue weighted by atomic mass is 10.0. The second-order valence-electron chi connectivity index (χ2n) is 4.11. The summed E-state index contributed by atoms with van der Waals surface area (Å²) in [6.07, 6.45) is 0.363. The van der Waals surface area contributed by atoms with Crippen molar-refractivity contribution in [1.82, 2.24) is 4.90 Å². The van der Waals surface area contributed by atoms with Crippen molar-refractivity contribution in [1.29, 1.82) is 0 Å². The topological polar surface area (TPSA) is 76.1 Å². The molecule has 0 radical (unpaired) electrons. The number of ether oxygens (including phenoxy) is 2. The molecule has 1 rings (SSSR count). The zero-order chi connectivity index (χ0) is 12.2. The van der Waals surface area contributed by atoms with Crippen molar-refractivity contribution in [3.63, 3.8) is 0 Å². The molecule has 1 atom stereocenters. The van der Waals surface area contributed by atoms with Crippen LogP contribution in [0, 0.1) is 0 Å². The van der Waals surface area contributed by atoms with E-state index in [-0.39, 0.29) is 19.8 Å². The van der Waals surface area contributed by atoms with Gasteiger partial charge in [-0.1, -0.05) is 0 Å². The summed E-state index contributed by atoms with van der Waals surface area (Å²) in [4.78, 5) is 23.8. The highest BCUT2D eigenvalue weighted by molar-refractivity contribution is 5.98. The van der Waals surface area contributed by atoms with Crippen molar-refractivity contribution in [2.75, 3.05) is 33.5 Å². The number of imide groups is 1. The Morgan fingerprint density at radius 2 is 2.00 bits per heavy atom. The predicted octanol–water partition coefficient (Wildman–Crippen LogP) is -0.841. The molecule has 92 valence electrons. The molecule has 6 nitrogen and oxygen atoms in total. The SMILES string of the molecule is COCCC(C)(O)CN1C(=O)COCC1=O. The minimum atomic E-state index is -1.13. The number of hydrogen-bond acceptors (Lipinski definition) is 5. The highest BCUT2D eigenvalue weighted by atomic mass is 16.5. The van der Waals surface area contributed by atoms with Gasteiger partial charge in [0.25, 0.3) is 11.8 Å². The summed E-state index contributed by atoms with van der Waals surface area (Å²) < 4.78 is 9.62. The molecular formula is C10H17NO5. The lowest BCUT2D eigenvalue weighted by molar-refractivity contribution is -0.162. The zero-order valence-electron chi connectivity index (χ0n) is 9.56. The van der Waals surface area contributed by atoms with E-state index in [1.165, 1.54) is 7.11 Å². The minimum absolute atomic E-state index is 0.0165. The van der Waals surface area contributed by atoms with Crippen LogP contribution in [0.5, 0.6) is 0 Å². The summed E-state index contributed by atoms with van der Waals surface area (Å²) in [6, 6.07) is 0.